The van der Waals surface area contributed by atoms with Crippen molar-refractivity contribution >= 4 is 5.69 Å². The van der Waals surface area contributed by atoms with E-state index in [1.807, 2.05) is 24.3 Å². The third kappa shape index (κ3) is 5.58. The van der Waals surface area contributed by atoms with Crippen molar-refractivity contribution in [3.8, 4) is 22.6 Å². The first-order valence-electron chi connectivity index (χ1n) is 9.52. The predicted octanol–water partition coefficient (Wildman–Crippen LogP) is 5.25. The summed E-state index contributed by atoms with van der Waals surface area (Å²) >= 11 is 0. The highest BCUT2D eigenvalue weighted by atomic mass is 16.5. The Morgan fingerprint density at radius 3 is 2.31 bits per heavy atom. The van der Waals surface area contributed by atoms with Crippen LogP contribution in [0.15, 0.2) is 41.5 Å². The summed E-state index contributed by atoms with van der Waals surface area (Å²) in [7, 11) is 1.67. The largest absolute Gasteiger partial charge is 0.497 e. The van der Waals surface area contributed by atoms with Crippen LogP contribution in [0.5, 0.6) is 11.5 Å². The lowest BCUT2D eigenvalue weighted by Gasteiger charge is -2.13. The molecule has 0 radical (unpaired) electrons. The number of benzene rings is 2. The molecule has 4 heteroatoms. The van der Waals surface area contributed by atoms with Crippen molar-refractivity contribution in [1.29, 1.82) is 0 Å². The van der Waals surface area contributed by atoms with Crippen molar-refractivity contribution in [1.82, 2.24) is 0 Å². The second-order valence-corrected chi connectivity index (χ2v) is 6.61. The number of ether oxygens (including phenoxy) is 2. The Hall–Kier alpha value is -2.36. The van der Waals surface area contributed by atoms with Crippen LogP contribution in [0.25, 0.3) is 11.1 Å². The molecule has 2 N–H and O–H groups in total. The van der Waals surface area contributed by atoms with E-state index in [4.69, 9.17) is 15.0 Å². The van der Waals surface area contributed by atoms with E-state index in [0.717, 1.165) is 34.6 Å². The van der Waals surface area contributed by atoms with Gasteiger partial charge in [-0.15, -0.1) is 0 Å². The number of unbranched alkanes of at least 4 members (excludes halogenated alkanes) is 5. The van der Waals surface area contributed by atoms with Gasteiger partial charge in [-0.2, -0.15) is 5.53 Å². The maximum absolute atomic E-state index is 6.00. The fourth-order valence-electron chi connectivity index (χ4n) is 3.04. The maximum Gasteiger partial charge on any atom is 0.172 e. The van der Waals surface area contributed by atoms with Crippen LogP contribution in [0, 0.1) is 6.92 Å². The maximum atomic E-state index is 6.00. The van der Waals surface area contributed by atoms with Crippen molar-refractivity contribution < 1.29 is 15.0 Å². The third-order valence-corrected chi connectivity index (χ3v) is 4.60. The lowest BCUT2D eigenvalue weighted by Crippen LogP contribution is -2.22. The monoisotopic (exact) mass is 355 g/mol. The van der Waals surface area contributed by atoms with Crippen molar-refractivity contribution in [2.24, 2.45) is 5.11 Å². The second kappa shape index (κ2) is 10.6. The molecule has 0 unspecified atom stereocenters. The van der Waals surface area contributed by atoms with Gasteiger partial charge in [0.15, 0.2) is 11.4 Å². The molecule has 2 aromatic rings. The summed E-state index contributed by atoms with van der Waals surface area (Å²) in [5.41, 5.74) is 9.62. The molecular weight excluding hydrogens is 324 g/mol. The van der Waals surface area contributed by atoms with E-state index >= 15 is 0 Å². The molecule has 0 saturated carbocycles. The van der Waals surface area contributed by atoms with Crippen LogP contribution in [0.3, 0.4) is 0 Å². The van der Waals surface area contributed by atoms with Gasteiger partial charge in [-0.1, -0.05) is 51.2 Å². The first kappa shape index (κ1) is 20.0. The van der Waals surface area contributed by atoms with Gasteiger partial charge in [0.1, 0.15) is 5.75 Å². The number of methoxy groups -OCH3 is 1. The topological polar surface area (TPSA) is 56.4 Å². The number of aryl methyl sites for hydroxylation is 1. The number of rotatable bonds is 11. The summed E-state index contributed by atoms with van der Waals surface area (Å²) < 4.78 is 11.2. The Kier molecular flexibility index (Phi) is 8.13. The molecule has 0 bridgehead atoms. The zero-order valence-corrected chi connectivity index (χ0v) is 16.3. The Balaban J connectivity index is 2.06. The summed E-state index contributed by atoms with van der Waals surface area (Å²) in [5.74, 6) is 1.59. The van der Waals surface area contributed by atoms with E-state index in [2.05, 4.69) is 31.1 Å². The van der Waals surface area contributed by atoms with Crippen LogP contribution in [-0.4, -0.2) is 13.7 Å². The smallest absolute Gasteiger partial charge is 0.172 e. The van der Waals surface area contributed by atoms with E-state index in [9.17, 15) is 0 Å². The fraction of sp³-hybridized carbons (Fsp3) is 0.455. The van der Waals surface area contributed by atoms with Crippen molar-refractivity contribution in [2.45, 2.75) is 52.4 Å². The summed E-state index contributed by atoms with van der Waals surface area (Å²) in [6.07, 6.45) is 7.43. The van der Waals surface area contributed by atoms with Crippen LogP contribution in [-0.2, 0) is 0 Å². The molecule has 0 aliphatic rings. The van der Waals surface area contributed by atoms with E-state index in [0.29, 0.717) is 12.3 Å². The highest BCUT2D eigenvalue weighted by molar-refractivity contribution is 5.73. The first-order chi connectivity index (χ1) is 12.7. The third-order valence-electron chi connectivity index (χ3n) is 4.60. The van der Waals surface area contributed by atoms with Crippen molar-refractivity contribution in [3.05, 3.63) is 42.0 Å². The van der Waals surface area contributed by atoms with Gasteiger partial charge in [-0.3, -0.25) is 0 Å². The zero-order chi connectivity index (χ0) is 18.8. The first-order valence-corrected chi connectivity index (χ1v) is 9.52. The Bertz CT molecular complexity index is 696. The minimum Gasteiger partial charge on any atom is -0.497 e. The molecule has 0 fully saturated rings. The normalized spacial score (nSPS) is 10.6. The molecule has 140 valence electrons. The van der Waals surface area contributed by atoms with Crippen LogP contribution >= 0.6 is 0 Å². The van der Waals surface area contributed by atoms with E-state index in [1.54, 1.807) is 7.11 Å². The van der Waals surface area contributed by atoms with Crippen LogP contribution < -0.4 is 15.0 Å². The molecule has 0 amide bonds. The lowest BCUT2D eigenvalue weighted by molar-refractivity contribution is -0.210. The minimum atomic E-state index is 0.694. The summed E-state index contributed by atoms with van der Waals surface area (Å²) in [4.78, 5) is 0. The van der Waals surface area contributed by atoms with Gasteiger partial charge in [0.25, 0.3) is 0 Å². The Morgan fingerprint density at radius 2 is 1.65 bits per heavy atom. The van der Waals surface area contributed by atoms with Crippen LogP contribution in [0.2, 0.25) is 0 Å². The average Bonchev–Trinajstić information content (AvgIpc) is 2.68. The summed E-state index contributed by atoms with van der Waals surface area (Å²) in [6, 6.07) is 12.1. The van der Waals surface area contributed by atoms with Gasteiger partial charge in [0, 0.05) is 0 Å². The lowest BCUT2D eigenvalue weighted by atomic mass is 9.99. The molecule has 2 aromatic carbocycles. The molecular formula is C22H31N2O2+. The molecule has 0 saturated heterocycles. The number of hydrogen-bond donors (Lipinski definition) is 1. The quantitative estimate of drug-likeness (QED) is 0.442. The molecule has 0 aliphatic carbocycles. The fourth-order valence-corrected chi connectivity index (χ4v) is 3.04. The average molecular weight is 356 g/mol. The number of hydrogen-bond acceptors (Lipinski definition) is 3. The van der Waals surface area contributed by atoms with E-state index in [1.165, 1.54) is 32.1 Å². The highest BCUT2D eigenvalue weighted by Crippen LogP contribution is 2.36. The zero-order valence-electron chi connectivity index (χ0n) is 16.3. The van der Waals surface area contributed by atoms with Gasteiger partial charge in [0.05, 0.1) is 13.7 Å². The summed E-state index contributed by atoms with van der Waals surface area (Å²) in [6.45, 7) is 4.99. The number of nitrogens with two attached hydrogens (primary N) is 1. The van der Waals surface area contributed by atoms with Gasteiger partial charge in [0.2, 0.25) is 0 Å². The van der Waals surface area contributed by atoms with Gasteiger partial charge in [-0.05, 0) is 59.4 Å². The van der Waals surface area contributed by atoms with E-state index < -0.39 is 0 Å². The van der Waals surface area contributed by atoms with Crippen molar-refractivity contribution in [2.75, 3.05) is 13.7 Å². The standard InChI is InChI=1S/C22H30N2O2/c1-4-5-6-7-8-9-14-26-22-16-20(17(2)15-21(22)24-23)18-10-12-19(25-3)13-11-18/h10-13,15-16,23H,4-9,14H2,1-3H3/p+1. The Morgan fingerprint density at radius 1 is 0.962 bits per heavy atom. The molecule has 4 nitrogen and oxygen atoms in total. The van der Waals surface area contributed by atoms with Gasteiger partial charge in [-0.25, -0.2) is 0 Å². The van der Waals surface area contributed by atoms with E-state index in [-0.39, 0.29) is 0 Å². The molecule has 0 atom stereocenters. The molecule has 0 aromatic heterocycles. The predicted molar refractivity (Wildman–Crippen MR) is 106 cm³/mol. The Labute approximate surface area is 157 Å². The minimum absolute atomic E-state index is 0.694. The van der Waals surface area contributed by atoms with Gasteiger partial charge < -0.3 is 9.47 Å². The van der Waals surface area contributed by atoms with Crippen molar-refractivity contribution in [3.63, 3.8) is 0 Å². The van der Waals surface area contributed by atoms with Crippen LogP contribution in [0.1, 0.15) is 51.0 Å². The highest BCUT2D eigenvalue weighted by Gasteiger charge is 2.12. The number of nitrogens with zero attached hydrogens (tertiary/aromatic N) is 1. The second-order valence-electron chi connectivity index (χ2n) is 6.61. The molecule has 0 spiro atoms. The molecule has 0 heterocycles. The molecule has 26 heavy (non-hydrogen) atoms. The summed E-state index contributed by atoms with van der Waals surface area (Å²) in [5, 5.41) is 3.89. The molecule has 0 aliphatic heterocycles. The SMILES string of the molecule is CCCCCCCCOc1cc(-c2ccc(OC)cc2)c(C)cc1N=[NH2+]. The van der Waals surface area contributed by atoms with Gasteiger partial charge >= 0.3 is 0 Å². The van der Waals surface area contributed by atoms with Crippen LogP contribution in [0.4, 0.5) is 5.69 Å². The molecule has 2 rings (SSSR count).